The number of aromatic amines is 1. The zero-order valence-electron chi connectivity index (χ0n) is 39.7. The summed E-state index contributed by atoms with van der Waals surface area (Å²) >= 11 is 0. The number of fused-ring (bicyclic) bond motifs is 1. The highest BCUT2D eigenvalue weighted by Crippen LogP contribution is 2.51. The highest BCUT2D eigenvalue weighted by molar-refractivity contribution is 7.44. The molecule has 1 fully saturated rings. The van der Waals surface area contributed by atoms with Gasteiger partial charge in [-0.1, -0.05) is 98.8 Å². The Hall–Kier alpha value is -6.02. The molecule has 7 rings (SSSR count). The lowest BCUT2D eigenvalue weighted by Gasteiger charge is -2.39. The lowest BCUT2D eigenvalue weighted by molar-refractivity contribution is -0.118. The van der Waals surface area contributed by atoms with Gasteiger partial charge in [0.15, 0.2) is 17.4 Å². The normalized spacial score (nSPS) is 17.8. The Balaban J connectivity index is 1.41. The quantitative estimate of drug-likeness (QED) is 0.0374. The Kier molecular flexibility index (Phi) is 16.8. The summed E-state index contributed by atoms with van der Waals surface area (Å²) in [5.74, 6) is 0.604. The van der Waals surface area contributed by atoms with E-state index in [9.17, 15) is 14.9 Å². The molecule has 1 amide bonds. The van der Waals surface area contributed by atoms with Gasteiger partial charge in [0.2, 0.25) is 11.9 Å². The first-order chi connectivity index (χ1) is 32.9. The third kappa shape index (κ3) is 11.1. The molecule has 3 unspecified atom stereocenters. The molecule has 0 radical (unpaired) electrons. The van der Waals surface area contributed by atoms with Crippen LogP contribution in [0.4, 0.5) is 5.95 Å². The minimum absolute atomic E-state index is 0.0245. The minimum Gasteiger partial charge on any atom is -0.497 e. The predicted octanol–water partition coefficient (Wildman–Crippen LogP) is 8.88. The minimum atomic E-state index is -1.87. The van der Waals surface area contributed by atoms with Crippen molar-refractivity contribution in [2.75, 3.05) is 32.8 Å². The lowest BCUT2D eigenvalue weighted by atomic mass is 9.80. The van der Waals surface area contributed by atoms with E-state index in [1.165, 1.54) is 6.33 Å². The molecule has 0 spiro atoms. The standard InChI is InChI=1S/C51H60N7O9P/c1-33(2)47(59)55-50-54-46-43(48(60)56-50)53-32-57(46)49-45(63-30-36-16-11-9-12-17-36)44(67-68(65-29-15-28-52)58(34(3)4)35(5)6)42(66-49)31-64-51(37-18-13-10-14-19-37,38-20-24-40(61-7)25-21-38)39-22-26-41(62-8)27-23-39/h9-14,16-27,32-35,42,44-45,49H,15,29-31H2,1-8H3,(H2,54,55,56,59,60)/t42?,44-,45-,49?,68?/m1/s1. The molecule has 4 aromatic carbocycles. The van der Waals surface area contributed by atoms with Crippen molar-refractivity contribution in [3.63, 3.8) is 0 Å². The van der Waals surface area contributed by atoms with Crippen LogP contribution in [-0.2, 0) is 40.3 Å². The molecular weight excluding hydrogens is 886 g/mol. The van der Waals surface area contributed by atoms with Crippen molar-refractivity contribution in [3.8, 4) is 17.6 Å². The molecule has 0 bridgehead atoms. The smallest absolute Gasteiger partial charge is 0.280 e. The van der Waals surface area contributed by atoms with Crippen LogP contribution < -0.4 is 20.3 Å². The van der Waals surface area contributed by atoms with Gasteiger partial charge in [-0.3, -0.25) is 24.5 Å². The zero-order chi connectivity index (χ0) is 48.4. The van der Waals surface area contributed by atoms with Gasteiger partial charge in [-0.05, 0) is 74.2 Å². The third-order valence-electron chi connectivity index (χ3n) is 11.6. The average Bonchev–Trinajstić information content (AvgIpc) is 3.92. The van der Waals surface area contributed by atoms with E-state index in [0.29, 0.717) is 11.5 Å². The summed E-state index contributed by atoms with van der Waals surface area (Å²) in [6.45, 7) is 12.0. The Morgan fingerprint density at radius 3 is 2.01 bits per heavy atom. The van der Waals surface area contributed by atoms with Crippen molar-refractivity contribution in [1.29, 1.82) is 5.26 Å². The number of carbonyl (C=O) groups excluding carboxylic acids is 1. The van der Waals surface area contributed by atoms with Crippen LogP contribution in [0.5, 0.6) is 11.5 Å². The summed E-state index contributed by atoms with van der Waals surface area (Å²) in [6, 6.07) is 37.3. The number of amides is 1. The second kappa shape index (κ2) is 22.9. The van der Waals surface area contributed by atoms with Crippen LogP contribution in [0.2, 0.25) is 0 Å². The first-order valence-electron chi connectivity index (χ1n) is 22.7. The SMILES string of the molecule is COc1ccc(C(OCC2OC(n3cnc4c(=O)[nH]c(NC(=O)C(C)C)nc43)[C@H](OCc3ccccc3)[C@@H]2OP(OCCC#N)N(C(C)C)C(C)C)(c2ccccc2)c2ccc(OC)cc2)cc1. The second-order valence-electron chi connectivity index (χ2n) is 17.1. The number of anilines is 1. The van der Waals surface area contributed by atoms with E-state index < -0.39 is 44.2 Å². The summed E-state index contributed by atoms with van der Waals surface area (Å²) in [4.78, 5) is 38.3. The first kappa shape index (κ1) is 49.9. The van der Waals surface area contributed by atoms with Crippen molar-refractivity contribution in [1.82, 2.24) is 24.2 Å². The summed E-state index contributed by atoms with van der Waals surface area (Å²) in [7, 11) is 1.38. The average molecular weight is 946 g/mol. The topological polar surface area (TPSA) is 184 Å². The van der Waals surface area contributed by atoms with E-state index >= 15 is 0 Å². The molecule has 1 saturated heterocycles. The summed E-state index contributed by atoms with van der Waals surface area (Å²) in [5, 5.41) is 12.3. The van der Waals surface area contributed by atoms with Crippen LogP contribution >= 0.6 is 8.53 Å². The van der Waals surface area contributed by atoms with Gasteiger partial charge >= 0.3 is 0 Å². The first-order valence-corrected chi connectivity index (χ1v) is 23.8. The lowest BCUT2D eigenvalue weighted by Crippen LogP contribution is -2.43. The van der Waals surface area contributed by atoms with Crippen molar-refractivity contribution in [2.24, 2.45) is 5.92 Å². The molecule has 2 N–H and O–H groups in total. The van der Waals surface area contributed by atoms with Crippen LogP contribution in [0.3, 0.4) is 0 Å². The van der Waals surface area contributed by atoms with E-state index in [2.05, 4.69) is 53.7 Å². The van der Waals surface area contributed by atoms with Crippen molar-refractivity contribution in [2.45, 2.75) is 96.8 Å². The molecular formula is C51H60N7O9P. The van der Waals surface area contributed by atoms with Gasteiger partial charge in [0, 0.05) is 18.0 Å². The highest BCUT2D eigenvalue weighted by Gasteiger charge is 2.52. The Morgan fingerprint density at radius 2 is 1.46 bits per heavy atom. The number of nitrogens with zero attached hydrogens (tertiary/aromatic N) is 5. The van der Waals surface area contributed by atoms with Crippen LogP contribution in [0, 0.1) is 17.2 Å². The van der Waals surface area contributed by atoms with E-state index in [1.807, 2.05) is 109 Å². The van der Waals surface area contributed by atoms with Crippen molar-refractivity contribution < 1.29 is 37.5 Å². The van der Waals surface area contributed by atoms with Crippen molar-refractivity contribution >= 4 is 31.5 Å². The number of benzene rings is 4. The number of carbonyl (C=O) groups is 1. The van der Waals surface area contributed by atoms with Gasteiger partial charge in [-0.15, -0.1) is 0 Å². The molecule has 5 atom stereocenters. The summed E-state index contributed by atoms with van der Waals surface area (Å²) < 4.78 is 50.4. The summed E-state index contributed by atoms with van der Waals surface area (Å²) in [6.07, 6.45) is -2.08. The fraction of sp³-hybridized carbons (Fsp3) is 0.392. The van der Waals surface area contributed by atoms with E-state index in [-0.39, 0.29) is 67.3 Å². The maximum absolute atomic E-state index is 13.6. The van der Waals surface area contributed by atoms with E-state index in [0.717, 1.165) is 22.3 Å². The molecule has 1 aliphatic rings. The number of nitriles is 1. The highest BCUT2D eigenvalue weighted by atomic mass is 31.2. The molecule has 1 aliphatic heterocycles. The van der Waals surface area contributed by atoms with Gasteiger partial charge in [0.1, 0.15) is 35.4 Å². The van der Waals surface area contributed by atoms with Gasteiger partial charge in [-0.25, -0.2) is 9.65 Å². The maximum Gasteiger partial charge on any atom is 0.280 e. The van der Waals surface area contributed by atoms with Gasteiger partial charge in [0.25, 0.3) is 14.1 Å². The van der Waals surface area contributed by atoms with Crippen LogP contribution in [-0.4, -0.2) is 87.9 Å². The monoisotopic (exact) mass is 945 g/mol. The zero-order valence-corrected chi connectivity index (χ0v) is 40.6. The number of H-pyrrole nitrogens is 1. The fourth-order valence-corrected chi connectivity index (χ4v) is 10.0. The van der Waals surface area contributed by atoms with Crippen LogP contribution in [0.15, 0.2) is 120 Å². The predicted molar refractivity (Wildman–Crippen MR) is 259 cm³/mol. The van der Waals surface area contributed by atoms with Gasteiger partial charge in [-0.2, -0.15) is 10.2 Å². The second-order valence-corrected chi connectivity index (χ2v) is 18.5. The Labute approximate surface area is 398 Å². The Bertz CT molecular complexity index is 2600. The number of nitrogens with one attached hydrogen (secondary N) is 2. The van der Waals surface area contributed by atoms with E-state index in [4.69, 9.17) is 37.7 Å². The molecule has 68 heavy (non-hydrogen) atoms. The maximum atomic E-state index is 13.6. The number of methoxy groups -OCH3 is 2. The molecule has 2 aromatic heterocycles. The van der Waals surface area contributed by atoms with Gasteiger partial charge < -0.3 is 32.7 Å². The van der Waals surface area contributed by atoms with Gasteiger partial charge in [0.05, 0.1) is 52.9 Å². The molecule has 3 heterocycles. The molecule has 17 heteroatoms. The molecule has 0 aliphatic carbocycles. The molecule has 358 valence electrons. The number of aromatic nitrogens is 4. The third-order valence-corrected chi connectivity index (χ3v) is 13.7. The molecule has 16 nitrogen and oxygen atoms in total. The number of rotatable bonds is 22. The van der Waals surface area contributed by atoms with Crippen molar-refractivity contribution in [3.05, 3.63) is 148 Å². The largest absolute Gasteiger partial charge is 0.497 e. The number of hydrogen-bond acceptors (Lipinski definition) is 13. The number of ether oxygens (including phenoxy) is 5. The van der Waals surface area contributed by atoms with E-state index in [1.54, 1.807) is 32.6 Å². The number of hydrogen-bond donors (Lipinski definition) is 2. The Morgan fingerprint density at radius 1 is 0.868 bits per heavy atom. The summed E-state index contributed by atoms with van der Waals surface area (Å²) in [5.41, 5.74) is 1.76. The fourth-order valence-electron chi connectivity index (χ4n) is 8.25. The molecule has 0 saturated carbocycles. The molecule has 6 aromatic rings. The van der Waals surface area contributed by atoms with Crippen LogP contribution in [0.25, 0.3) is 11.2 Å². The van der Waals surface area contributed by atoms with Crippen LogP contribution in [0.1, 0.15) is 76.4 Å². The number of imidazole rings is 1.